The third kappa shape index (κ3) is 2.50. The van der Waals surface area contributed by atoms with E-state index in [2.05, 4.69) is 10.1 Å². The van der Waals surface area contributed by atoms with Gasteiger partial charge in [-0.3, -0.25) is 14.5 Å². The maximum atomic E-state index is 12.6. The molecule has 0 aliphatic heterocycles. The second-order valence-electron chi connectivity index (χ2n) is 4.30. The van der Waals surface area contributed by atoms with Crippen molar-refractivity contribution in [2.75, 3.05) is 7.11 Å². The number of aromatic nitrogens is 3. The molecule has 0 aromatic carbocycles. The van der Waals surface area contributed by atoms with E-state index in [9.17, 15) is 4.79 Å². The smallest absolute Gasteiger partial charge is 0.215 e. The minimum Gasteiger partial charge on any atom is -0.493 e. The van der Waals surface area contributed by atoms with Crippen molar-refractivity contribution in [1.29, 1.82) is 0 Å². The van der Waals surface area contributed by atoms with Gasteiger partial charge in [-0.1, -0.05) is 6.92 Å². The van der Waals surface area contributed by atoms with Crippen molar-refractivity contribution in [2.45, 2.75) is 26.8 Å². The van der Waals surface area contributed by atoms with Gasteiger partial charge in [0.05, 0.1) is 13.3 Å². The zero-order chi connectivity index (χ0) is 13.8. The van der Waals surface area contributed by atoms with Gasteiger partial charge < -0.3 is 4.74 Å². The normalized spacial score (nSPS) is 10.5. The van der Waals surface area contributed by atoms with Gasteiger partial charge in [0.2, 0.25) is 5.78 Å². The summed E-state index contributed by atoms with van der Waals surface area (Å²) in [4.78, 5) is 16.6. The van der Waals surface area contributed by atoms with Crippen LogP contribution in [0, 0.1) is 6.92 Å². The molecule has 0 fully saturated rings. The monoisotopic (exact) mass is 259 g/mol. The molecule has 2 heterocycles. The molecule has 0 unspecified atom stereocenters. The highest BCUT2D eigenvalue weighted by atomic mass is 16.5. The van der Waals surface area contributed by atoms with Crippen LogP contribution < -0.4 is 4.74 Å². The van der Waals surface area contributed by atoms with Crippen molar-refractivity contribution in [3.8, 4) is 5.75 Å². The Bertz CT molecular complexity index is 590. The topological polar surface area (TPSA) is 57.0 Å². The molecule has 0 aliphatic rings. The van der Waals surface area contributed by atoms with Crippen LogP contribution in [0.2, 0.25) is 0 Å². The van der Waals surface area contributed by atoms with E-state index in [-0.39, 0.29) is 5.78 Å². The van der Waals surface area contributed by atoms with Crippen molar-refractivity contribution in [1.82, 2.24) is 14.8 Å². The summed E-state index contributed by atoms with van der Waals surface area (Å²) in [6.07, 6.45) is 5.79. The summed E-state index contributed by atoms with van der Waals surface area (Å²) in [5.74, 6) is 0.428. The van der Waals surface area contributed by atoms with E-state index >= 15 is 0 Å². The van der Waals surface area contributed by atoms with Gasteiger partial charge in [-0.2, -0.15) is 5.10 Å². The van der Waals surface area contributed by atoms with Crippen molar-refractivity contribution in [3.63, 3.8) is 0 Å². The van der Waals surface area contributed by atoms with E-state index in [4.69, 9.17) is 4.74 Å². The molecule has 0 amide bonds. The van der Waals surface area contributed by atoms with E-state index < -0.39 is 0 Å². The first-order valence-electron chi connectivity index (χ1n) is 6.24. The molecule has 0 aliphatic carbocycles. The summed E-state index contributed by atoms with van der Waals surface area (Å²) >= 11 is 0. The van der Waals surface area contributed by atoms with Gasteiger partial charge in [0.1, 0.15) is 0 Å². The number of nitrogens with zero attached hydrogens (tertiary/aromatic N) is 3. The number of carbonyl (C=O) groups excluding carboxylic acids is 1. The molecule has 100 valence electrons. The van der Waals surface area contributed by atoms with E-state index in [0.717, 1.165) is 12.0 Å². The first-order chi connectivity index (χ1) is 9.19. The van der Waals surface area contributed by atoms with Gasteiger partial charge in [-0.15, -0.1) is 0 Å². The molecule has 0 bridgehead atoms. The summed E-state index contributed by atoms with van der Waals surface area (Å²) in [5.41, 5.74) is 1.98. The summed E-state index contributed by atoms with van der Waals surface area (Å²) < 4.78 is 6.93. The average molecular weight is 259 g/mol. The van der Waals surface area contributed by atoms with Crippen LogP contribution in [-0.2, 0) is 6.54 Å². The molecule has 0 spiro atoms. The zero-order valence-corrected chi connectivity index (χ0v) is 11.4. The maximum Gasteiger partial charge on any atom is 0.215 e. The standard InChI is InChI=1S/C14H17N3O2/c1-4-7-17-13(12(19-3)9-16-17)14(18)11-5-6-15-8-10(11)2/h5-6,8-9H,4,7H2,1-3H3. The van der Waals surface area contributed by atoms with Gasteiger partial charge in [0, 0.05) is 24.5 Å². The zero-order valence-electron chi connectivity index (χ0n) is 11.4. The molecule has 2 rings (SSSR count). The summed E-state index contributed by atoms with van der Waals surface area (Å²) in [6.45, 7) is 4.60. The van der Waals surface area contributed by atoms with E-state index in [1.807, 2.05) is 13.8 Å². The number of pyridine rings is 1. The first-order valence-corrected chi connectivity index (χ1v) is 6.24. The fraction of sp³-hybridized carbons (Fsp3) is 0.357. The van der Waals surface area contributed by atoms with Crippen LogP contribution in [0.25, 0.3) is 0 Å². The fourth-order valence-electron chi connectivity index (χ4n) is 1.98. The molecule has 5 nitrogen and oxygen atoms in total. The van der Waals surface area contributed by atoms with Crippen LogP contribution >= 0.6 is 0 Å². The Kier molecular flexibility index (Phi) is 3.94. The predicted octanol–water partition coefficient (Wildman–Crippen LogP) is 2.24. The molecule has 2 aromatic heterocycles. The molecule has 2 aromatic rings. The Balaban J connectivity index is 2.48. The highest BCUT2D eigenvalue weighted by Gasteiger charge is 2.21. The molecule has 0 N–H and O–H groups in total. The molecule has 19 heavy (non-hydrogen) atoms. The number of carbonyl (C=O) groups is 1. The second-order valence-corrected chi connectivity index (χ2v) is 4.30. The summed E-state index contributed by atoms with van der Waals surface area (Å²) in [5, 5.41) is 4.21. The lowest BCUT2D eigenvalue weighted by Crippen LogP contribution is -2.13. The Morgan fingerprint density at radius 1 is 1.42 bits per heavy atom. The van der Waals surface area contributed by atoms with Gasteiger partial charge >= 0.3 is 0 Å². The van der Waals surface area contributed by atoms with Crippen LogP contribution in [0.4, 0.5) is 0 Å². The lowest BCUT2D eigenvalue weighted by atomic mass is 10.0. The minimum atomic E-state index is -0.0808. The number of ether oxygens (including phenoxy) is 1. The summed E-state index contributed by atoms with van der Waals surface area (Å²) in [6, 6.07) is 1.72. The van der Waals surface area contributed by atoms with E-state index in [1.165, 1.54) is 0 Å². The Morgan fingerprint density at radius 2 is 2.21 bits per heavy atom. The maximum absolute atomic E-state index is 12.6. The quantitative estimate of drug-likeness (QED) is 0.773. The van der Waals surface area contributed by atoms with Crippen molar-refractivity contribution in [2.24, 2.45) is 0 Å². The van der Waals surface area contributed by atoms with Crippen LogP contribution in [-0.4, -0.2) is 27.7 Å². The van der Waals surface area contributed by atoms with Crippen LogP contribution in [0.1, 0.15) is 35.0 Å². The molecular weight excluding hydrogens is 242 g/mol. The third-order valence-electron chi connectivity index (χ3n) is 2.94. The highest BCUT2D eigenvalue weighted by Crippen LogP contribution is 2.22. The third-order valence-corrected chi connectivity index (χ3v) is 2.94. The molecular formula is C14H17N3O2. The molecule has 5 heteroatoms. The Morgan fingerprint density at radius 3 is 2.84 bits per heavy atom. The van der Waals surface area contributed by atoms with Gasteiger partial charge in [0.25, 0.3) is 0 Å². The number of hydrogen-bond acceptors (Lipinski definition) is 4. The van der Waals surface area contributed by atoms with Gasteiger partial charge in [-0.25, -0.2) is 0 Å². The van der Waals surface area contributed by atoms with Gasteiger partial charge in [-0.05, 0) is 25.0 Å². The van der Waals surface area contributed by atoms with Crippen LogP contribution in [0.3, 0.4) is 0 Å². The number of ketones is 1. The lowest BCUT2D eigenvalue weighted by Gasteiger charge is -2.08. The first kappa shape index (κ1) is 13.3. The minimum absolute atomic E-state index is 0.0808. The Hall–Kier alpha value is -2.17. The van der Waals surface area contributed by atoms with E-state index in [0.29, 0.717) is 23.6 Å². The highest BCUT2D eigenvalue weighted by molar-refractivity contribution is 6.10. The SMILES string of the molecule is CCCn1ncc(OC)c1C(=O)c1ccncc1C. The number of aryl methyl sites for hydroxylation is 2. The predicted molar refractivity (Wildman–Crippen MR) is 71.5 cm³/mol. The van der Waals surface area contributed by atoms with Crippen molar-refractivity contribution in [3.05, 3.63) is 41.5 Å². The number of methoxy groups -OCH3 is 1. The van der Waals surface area contributed by atoms with Crippen LogP contribution in [0.5, 0.6) is 5.75 Å². The second kappa shape index (κ2) is 5.65. The van der Waals surface area contributed by atoms with Crippen molar-refractivity contribution >= 4 is 5.78 Å². The Labute approximate surface area is 112 Å². The van der Waals surface area contributed by atoms with Crippen molar-refractivity contribution < 1.29 is 9.53 Å². The van der Waals surface area contributed by atoms with Crippen LogP contribution in [0.15, 0.2) is 24.7 Å². The molecule has 0 atom stereocenters. The van der Waals surface area contributed by atoms with E-state index in [1.54, 1.807) is 36.4 Å². The molecule has 0 radical (unpaired) electrons. The number of rotatable bonds is 5. The fourth-order valence-corrected chi connectivity index (χ4v) is 1.98. The number of hydrogen-bond donors (Lipinski definition) is 0. The molecule has 0 saturated carbocycles. The summed E-state index contributed by atoms with van der Waals surface area (Å²) in [7, 11) is 1.55. The average Bonchev–Trinajstić information content (AvgIpc) is 2.82. The largest absolute Gasteiger partial charge is 0.493 e. The van der Waals surface area contributed by atoms with Gasteiger partial charge in [0.15, 0.2) is 11.4 Å². The lowest BCUT2D eigenvalue weighted by molar-refractivity contribution is 0.102. The molecule has 0 saturated heterocycles.